The lowest BCUT2D eigenvalue weighted by Crippen LogP contribution is -2.35. The van der Waals surface area contributed by atoms with Crippen molar-refractivity contribution in [2.24, 2.45) is 19.2 Å². The zero-order valence-corrected chi connectivity index (χ0v) is 39.1. The van der Waals surface area contributed by atoms with Gasteiger partial charge in [0.05, 0.1) is 17.1 Å². The smallest absolute Gasteiger partial charge is 0.333 e. The van der Waals surface area contributed by atoms with E-state index in [0.717, 1.165) is 16.8 Å². The van der Waals surface area contributed by atoms with Crippen LogP contribution in [-0.2, 0) is 47.2 Å². The Hall–Kier alpha value is -6.13. The number of rotatable bonds is 12. The van der Waals surface area contributed by atoms with Gasteiger partial charge in [0.15, 0.2) is 10.1 Å². The second kappa shape index (κ2) is 21.5. The van der Waals surface area contributed by atoms with Gasteiger partial charge in [0.2, 0.25) is 0 Å². The summed E-state index contributed by atoms with van der Waals surface area (Å²) in [4.78, 5) is 24.6. The summed E-state index contributed by atoms with van der Waals surface area (Å²) in [5, 5.41) is 15.0. The number of hydrogen-bond acceptors (Lipinski definition) is 12. The zero-order valence-electron chi connectivity index (χ0n) is 37.5. The van der Waals surface area contributed by atoms with E-state index in [-0.39, 0.29) is 27.7 Å². The van der Waals surface area contributed by atoms with Crippen LogP contribution in [0.2, 0.25) is 0 Å². The molecule has 2 aromatic carbocycles. The highest BCUT2D eigenvalue weighted by Gasteiger charge is 2.25. The highest BCUT2D eigenvalue weighted by atomic mass is 32.2. The third-order valence-corrected chi connectivity index (χ3v) is 11.4. The number of benzene rings is 2. The molecule has 0 saturated heterocycles. The van der Waals surface area contributed by atoms with Crippen molar-refractivity contribution in [1.29, 1.82) is 0 Å². The molecule has 0 aliphatic heterocycles. The molecule has 2 amide bonds. The number of nitrogens with zero attached hydrogens (tertiary/aromatic N) is 8. The Morgan fingerprint density at radius 3 is 1.61 bits per heavy atom. The van der Waals surface area contributed by atoms with E-state index in [0.29, 0.717) is 52.4 Å². The number of halogens is 2. The number of aromatic nitrogens is 6. The quantitative estimate of drug-likeness (QED) is 0.103. The van der Waals surface area contributed by atoms with Crippen LogP contribution in [0, 0.1) is 11.6 Å². The van der Waals surface area contributed by atoms with Crippen molar-refractivity contribution in [3.63, 3.8) is 0 Å². The number of urea groups is 1. The summed E-state index contributed by atoms with van der Waals surface area (Å²) in [6.45, 7) is 8.80. The van der Waals surface area contributed by atoms with Crippen LogP contribution in [0.4, 0.5) is 25.0 Å². The van der Waals surface area contributed by atoms with E-state index in [9.17, 15) is 30.4 Å². The van der Waals surface area contributed by atoms with Crippen LogP contribution in [0.25, 0.3) is 22.3 Å². The van der Waals surface area contributed by atoms with E-state index < -0.39 is 31.9 Å². The molecule has 0 unspecified atom stereocenters. The number of primary sulfonamides is 1. The first kappa shape index (κ1) is 50.5. The molecule has 17 nitrogen and oxygen atoms in total. The zero-order chi connectivity index (χ0) is 47.7. The summed E-state index contributed by atoms with van der Waals surface area (Å²) < 4.78 is 80.4. The van der Waals surface area contributed by atoms with Crippen molar-refractivity contribution in [2.75, 3.05) is 39.2 Å². The van der Waals surface area contributed by atoms with Gasteiger partial charge in [-0.2, -0.15) is 18.6 Å². The number of nitrogens with two attached hydrogens (primary N) is 2. The second-order valence-electron chi connectivity index (χ2n) is 15.9. The Morgan fingerprint density at radius 2 is 1.17 bits per heavy atom. The number of nitrogens with one attached hydrogen (secondary N) is 2. The van der Waals surface area contributed by atoms with Gasteiger partial charge in [0.25, 0.3) is 20.0 Å². The van der Waals surface area contributed by atoms with Gasteiger partial charge >= 0.3 is 6.03 Å². The SMILES string of the molecule is CC(C)c1cc(F)cc(-c2cccnc2)c1N.CC(C)c1cc(F)cc(-c2cccnc2)c1NC(=O)NS(=O)(=O)c1cc(CN(C)C)n(C)n1.CN(C)Cc1cc(S(N)(=O)=O)nn1C. The predicted molar refractivity (Wildman–Crippen MR) is 244 cm³/mol. The van der Waals surface area contributed by atoms with Gasteiger partial charge in [-0.15, -0.1) is 0 Å². The molecule has 0 radical (unpaired) electrons. The van der Waals surface area contributed by atoms with E-state index in [1.807, 2.05) is 82.5 Å². The largest absolute Gasteiger partial charge is 0.398 e. The van der Waals surface area contributed by atoms with E-state index in [1.54, 1.807) is 51.0 Å². The van der Waals surface area contributed by atoms with Gasteiger partial charge in [-0.1, -0.05) is 39.8 Å². The number of sulfonamides is 2. The first-order chi connectivity index (χ1) is 29.9. The van der Waals surface area contributed by atoms with Crippen LogP contribution in [0.15, 0.2) is 95.5 Å². The Kier molecular flexibility index (Phi) is 17.0. The number of pyridine rings is 2. The average Bonchev–Trinajstić information content (AvgIpc) is 3.77. The summed E-state index contributed by atoms with van der Waals surface area (Å²) >= 11 is 0. The lowest BCUT2D eigenvalue weighted by molar-refractivity contribution is 0.256. The molecule has 6 N–H and O–H groups in total. The minimum atomic E-state index is -4.23. The van der Waals surface area contributed by atoms with Crippen LogP contribution in [0.5, 0.6) is 0 Å². The summed E-state index contributed by atoms with van der Waals surface area (Å²) in [5.41, 5.74) is 12.4. The number of carbonyl (C=O) groups excluding carboxylic acids is 1. The fourth-order valence-corrected chi connectivity index (χ4v) is 7.79. The van der Waals surface area contributed by atoms with Gasteiger partial charge in [-0.25, -0.2) is 31.9 Å². The molecule has 344 valence electrons. The van der Waals surface area contributed by atoms with Crippen molar-refractivity contribution in [1.82, 2.24) is 44.1 Å². The van der Waals surface area contributed by atoms with Gasteiger partial charge in [-0.3, -0.25) is 19.3 Å². The minimum absolute atomic E-state index is 0.0862. The maximum absolute atomic E-state index is 14.4. The number of carbonyl (C=O) groups is 1. The number of hydrogen-bond donors (Lipinski definition) is 4. The Balaban J connectivity index is 0.000000240. The van der Waals surface area contributed by atoms with Gasteiger partial charge in [0, 0.05) is 92.0 Å². The van der Waals surface area contributed by atoms with Crippen LogP contribution < -0.4 is 20.9 Å². The fraction of sp³-hybridized carbons (Fsp3) is 0.326. The first-order valence-corrected chi connectivity index (χ1v) is 22.9. The van der Waals surface area contributed by atoms with E-state index in [1.165, 1.54) is 45.8 Å². The standard InChI is InChI=1S/C22H27FN6O3S.C14H15FN2.C7H14N4O2S/c1-14(2)18-9-16(23)10-19(15-7-6-8-24-12-15)21(18)25-22(30)27-33(31,32)20-11-17(13-28(3)4)29(5)26-20;1-9(2)12-6-11(15)7-13(14(12)16)10-4-3-5-17-8-10;1-10(2)5-6-4-7(9-11(6)3)14(8,12)13/h6-12,14H,13H2,1-5H3,(H2,25,27,30);3-9H,16H2,1-2H3;4H,5H2,1-3H3,(H2,8,12,13). The van der Waals surface area contributed by atoms with Crippen LogP contribution in [0.1, 0.15) is 62.0 Å². The molecule has 4 aromatic heterocycles. The molecule has 64 heavy (non-hydrogen) atoms. The molecule has 0 fully saturated rings. The molecular weight excluding hydrogens is 867 g/mol. The summed E-state index contributed by atoms with van der Waals surface area (Å²) in [7, 11) is 2.88. The molecule has 21 heteroatoms. The van der Waals surface area contributed by atoms with Crippen molar-refractivity contribution in [3.05, 3.63) is 120 Å². The van der Waals surface area contributed by atoms with E-state index in [2.05, 4.69) is 25.5 Å². The number of nitrogen functional groups attached to an aromatic ring is 1. The maximum Gasteiger partial charge on any atom is 0.333 e. The number of amides is 2. The topological polar surface area (TPSA) is 229 Å². The van der Waals surface area contributed by atoms with Gasteiger partial charge in [-0.05, 0) is 87.6 Å². The molecule has 0 atom stereocenters. The van der Waals surface area contributed by atoms with Crippen molar-refractivity contribution in [3.8, 4) is 22.3 Å². The Morgan fingerprint density at radius 1 is 0.719 bits per heavy atom. The highest BCUT2D eigenvalue weighted by molar-refractivity contribution is 7.90. The molecule has 6 rings (SSSR count). The number of aryl methyl sites for hydroxylation is 2. The van der Waals surface area contributed by atoms with Gasteiger partial charge in [0.1, 0.15) is 11.6 Å². The van der Waals surface area contributed by atoms with Crippen LogP contribution >= 0.6 is 0 Å². The molecule has 6 aromatic rings. The normalized spacial score (nSPS) is 11.6. The maximum atomic E-state index is 14.4. The van der Waals surface area contributed by atoms with Crippen molar-refractivity contribution >= 4 is 37.5 Å². The lowest BCUT2D eigenvalue weighted by atomic mass is 9.94. The third-order valence-electron chi connectivity index (χ3n) is 9.40. The summed E-state index contributed by atoms with van der Waals surface area (Å²) in [5.74, 6) is -0.687. The number of anilines is 2. The monoisotopic (exact) mass is 922 g/mol. The third kappa shape index (κ3) is 13.7. The van der Waals surface area contributed by atoms with Crippen molar-refractivity contribution in [2.45, 2.75) is 62.7 Å². The van der Waals surface area contributed by atoms with E-state index in [4.69, 9.17) is 10.9 Å². The molecule has 0 bridgehead atoms. The fourth-order valence-electron chi connectivity index (χ4n) is 6.33. The first-order valence-electron chi connectivity index (χ1n) is 19.8. The molecule has 0 aliphatic rings. The summed E-state index contributed by atoms with van der Waals surface area (Å²) in [6.07, 6.45) is 6.49. The predicted octanol–water partition coefficient (Wildman–Crippen LogP) is 6.04. The Labute approximate surface area is 373 Å². The molecule has 4 heterocycles. The van der Waals surface area contributed by atoms with E-state index >= 15 is 0 Å². The van der Waals surface area contributed by atoms with Gasteiger partial charge < -0.3 is 20.9 Å². The molecule has 0 aliphatic carbocycles. The van der Waals surface area contributed by atoms with Crippen molar-refractivity contribution < 1.29 is 30.4 Å². The second-order valence-corrected chi connectivity index (χ2v) is 19.1. The summed E-state index contributed by atoms with van der Waals surface area (Å²) in [6, 6.07) is 14.6. The van der Waals surface area contributed by atoms with Crippen LogP contribution in [0.3, 0.4) is 0 Å². The Bertz CT molecular complexity index is 2760. The molecular formula is C43H56F2N12O5S2. The average molecular weight is 923 g/mol. The van der Waals surface area contributed by atoms with Crippen LogP contribution in [-0.4, -0.2) is 90.4 Å². The molecule has 0 spiro atoms. The lowest BCUT2D eigenvalue weighted by Gasteiger charge is -2.19. The highest BCUT2D eigenvalue weighted by Crippen LogP contribution is 2.36. The molecule has 0 saturated carbocycles. The minimum Gasteiger partial charge on any atom is -0.398 e.